The lowest BCUT2D eigenvalue weighted by atomic mass is 9.85. The highest BCUT2D eigenvalue weighted by Crippen LogP contribution is 2.28. The number of nitrogens with two attached hydrogens (primary N) is 1. The summed E-state index contributed by atoms with van der Waals surface area (Å²) >= 11 is 0. The van der Waals surface area contributed by atoms with Crippen molar-refractivity contribution in [2.24, 2.45) is 5.73 Å². The van der Waals surface area contributed by atoms with Crippen LogP contribution in [0.25, 0.3) is 0 Å². The quantitative estimate of drug-likeness (QED) is 0.667. The van der Waals surface area contributed by atoms with Crippen LogP contribution in [0.1, 0.15) is 68.6 Å². The first-order valence-corrected chi connectivity index (χ1v) is 9.36. The van der Waals surface area contributed by atoms with E-state index in [0.29, 0.717) is 12.0 Å². The summed E-state index contributed by atoms with van der Waals surface area (Å²) in [4.78, 5) is 0. The second kappa shape index (κ2) is 9.89. The van der Waals surface area contributed by atoms with Crippen LogP contribution in [0.15, 0.2) is 30.4 Å². The number of benzene rings is 1. The minimum Gasteiger partial charge on any atom is -0.374 e. The fourth-order valence-corrected chi connectivity index (χ4v) is 3.45. The van der Waals surface area contributed by atoms with Crippen molar-refractivity contribution in [1.29, 1.82) is 0 Å². The van der Waals surface area contributed by atoms with Crippen LogP contribution in [-0.4, -0.2) is 19.3 Å². The summed E-state index contributed by atoms with van der Waals surface area (Å²) in [6.07, 6.45) is 12.8. The van der Waals surface area contributed by atoms with Crippen molar-refractivity contribution in [2.45, 2.75) is 70.8 Å². The normalized spacial score (nSPS) is 19.0. The molecular formula is C21H33NO. The largest absolute Gasteiger partial charge is 0.374 e. The van der Waals surface area contributed by atoms with Crippen molar-refractivity contribution >= 4 is 0 Å². The first-order chi connectivity index (χ1) is 11.3. The number of allylic oxidation sites excluding steroid dienone is 1. The summed E-state index contributed by atoms with van der Waals surface area (Å²) in [6.45, 7) is 5.94. The standard InChI is InChI=1S/C21H33NO/c1-3-5-6-7-13-23-21-12-11-17-14-18(9-10-19(17)15-21)20(16-22)8-4-2/h6-7,9-10,14,20-21H,3-5,8,11-13,15-16,22H2,1-2H3/b7-6-. The Hall–Kier alpha value is -1.12. The monoisotopic (exact) mass is 315 g/mol. The molecular weight excluding hydrogens is 282 g/mol. The first kappa shape index (κ1) is 18.2. The Morgan fingerprint density at radius 2 is 2.09 bits per heavy atom. The van der Waals surface area contributed by atoms with Crippen LogP contribution in [0.4, 0.5) is 0 Å². The highest BCUT2D eigenvalue weighted by atomic mass is 16.5. The van der Waals surface area contributed by atoms with E-state index in [1.165, 1.54) is 36.0 Å². The lowest BCUT2D eigenvalue weighted by molar-refractivity contribution is 0.0641. The van der Waals surface area contributed by atoms with E-state index in [4.69, 9.17) is 10.5 Å². The van der Waals surface area contributed by atoms with Gasteiger partial charge in [-0.25, -0.2) is 0 Å². The van der Waals surface area contributed by atoms with Crippen molar-refractivity contribution in [3.63, 3.8) is 0 Å². The molecule has 1 aliphatic rings. The highest BCUT2D eigenvalue weighted by molar-refractivity contribution is 5.36. The van der Waals surface area contributed by atoms with Gasteiger partial charge in [0.2, 0.25) is 0 Å². The fraction of sp³-hybridized carbons (Fsp3) is 0.619. The molecule has 1 aromatic rings. The zero-order valence-corrected chi connectivity index (χ0v) is 14.9. The van der Waals surface area contributed by atoms with E-state index in [9.17, 15) is 0 Å². The van der Waals surface area contributed by atoms with Gasteiger partial charge >= 0.3 is 0 Å². The number of unbranched alkanes of at least 4 members (excludes halogenated alkanes) is 1. The third-order valence-corrected chi connectivity index (χ3v) is 4.86. The van der Waals surface area contributed by atoms with E-state index < -0.39 is 0 Å². The average molecular weight is 316 g/mol. The van der Waals surface area contributed by atoms with E-state index in [2.05, 4.69) is 44.2 Å². The van der Waals surface area contributed by atoms with E-state index in [-0.39, 0.29) is 0 Å². The molecule has 2 N–H and O–H groups in total. The van der Waals surface area contributed by atoms with Gasteiger partial charge in [0.25, 0.3) is 0 Å². The van der Waals surface area contributed by atoms with E-state index in [1.54, 1.807) is 0 Å². The SMILES string of the molecule is CCC/C=C\COC1CCc2cc(C(CN)CCC)ccc2C1. The molecule has 0 radical (unpaired) electrons. The van der Waals surface area contributed by atoms with Gasteiger partial charge in [-0.2, -0.15) is 0 Å². The molecule has 0 aliphatic heterocycles. The van der Waals surface area contributed by atoms with Gasteiger partial charge in [-0.15, -0.1) is 0 Å². The molecule has 0 spiro atoms. The van der Waals surface area contributed by atoms with Crippen LogP contribution in [0.2, 0.25) is 0 Å². The number of ether oxygens (including phenoxy) is 1. The Kier molecular flexibility index (Phi) is 7.84. The maximum atomic E-state index is 6.02. The van der Waals surface area contributed by atoms with Gasteiger partial charge in [0.1, 0.15) is 0 Å². The highest BCUT2D eigenvalue weighted by Gasteiger charge is 2.20. The van der Waals surface area contributed by atoms with Crippen molar-refractivity contribution in [2.75, 3.05) is 13.2 Å². The Labute approximate surface area is 142 Å². The second-order valence-electron chi connectivity index (χ2n) is 6.71. The van der Waals surface area contributed by atoms with Crippen molar-refractivity contribution in [3.05, 3.63) is 47.0 Å². The molecule has 1 aliphatic carbocycles. The maximum absolute atomic E-state index is 6.02. The third-order valence-electron chi connectivity index (χ3n) is 4.86. The van der Waals surface area contributed by atoms with Gasteiger partial charge in [0, 0.05) is 0 Å². The summed E-state index contributed by atoms with van der Waals surface area (Å²) in [7, 11) is 0. The molecule has 0 fully saturated rings. The van der Waals surface area contributed by atoms with Crippen LogP contribution >= 0.6 is 0 Å². The molecule has 2 heteroatoms. The minimum atomic E-state index is 0.376. The van der Waals surface area contributed by atoms with Crippen molar-refractivity contribution in [3.8, 4) is 0 Å². The molecule has 0 saturated heterocycles. The molecule has 0 bridgehead atoms. The summed E-state index contributed by atoms with van der Waals surface area (Å²) in [6, 6.07) is 7.00. The van der Waals surface area contributed by atoms with Gasteiger partial charge in [-0.3, -0.25) is 0 Å². The van der Waals surface area contributed by atoms with Gasteiger partial charge in [0.15, 0.2) is 0 Å². The number of rotatable bonds is 9. The van der Waals surface area contributed by atoms with Crippen LogP contribution in [-0.2, 0) is 17.6 Å². The van der Waals surface area contributed by atoms with Crippen LogP contribution in [0, 0.1) is 0 Å². The topological polar surface area (TPSA) is 35.2 Å². The summed E-state index contributed by atoms with van der Waals surface area (Å²) in [5.74, 6) is 0.517. The molecule has 2 unspecified atom stereocenters. The summed E-state index contributed by atoms with van der Waals surface area (Å²) < 4.78 is 6.02. The smallest absolute Gasteiger partial charge is 0.0651 e. The molecule has 0 amide bonds. The second-order valence-corrected chi connectivity index (χ2v) is 6.71. The van der Waals surface area contributed by atoms with Crippen LogP contribution in [0.3, 0.4) is 0 Å². The lowest BCUT2D eigenvalue weighted by Gasteiger charge is -2.26. The Morgan fingerprint density at radius 1 is 1.22 bits per heavy atom. The predicted octanol–water partition coefficient (Wildman–Crippen LogP) is 4.76. The van der Waals surface area contributed by atoms with Gasteiger partial charge in [0.05, 0.1) is 12.7 Å². The summed E-state index contributed by atoms with van der Waals surface area (Å²) in [5, 5.41) is 0. The Morgan fingerprint density at radius 3 is 2.83 bits per heavy atom. The lowest BCUT2D eigenvalue weighted by Crippen LogP contribution is -2.23. The molecule has 2 nitrogen and oxygen atoms in total. The minimum absolute atomic E-state index is 0.376. The molecule has 0 saturated carbocycles. The molecule has 0 heterocycles. The van der Waals surface area contributed by atoms with E-state index in [0.717, 1.165) is 38.8 Å². The first-order valence-electron chi connectivity index (χ1n) is 9.36. The Balaban J connectivity index is 1.92. The molecule has 2 atom stereocenters. The number of aryl methyl sites for hydroxylation is 1. The number of hydrogen-bond acceptors (Lipinski definition) is 2. The van der Waals surface area contributed by atoms with Gasteiger partial charge < -0.3 is 10.5 Å². The van der Waals surface area contributed by atoms with Crippen molar-refractivity contribution < 1.29 is 4.74 Å². The molecule has 128 valence electrons. The van der Waals surface area contributed by atoms with Crippen LogP contribution < -0.4 is 5.73 Å². The maximum Gasteiger partial charge on any atom is 0.0651 e. The van der Waals surface area contributed by atoms with Crippen LogP contribution in [0.5, 0.6) is 0 Å². The molecule has 2 rings (SSSR count). The predicted molar refractivity (Wildman–Crippen MR) is 99.0 cm³/mol. The number of hydrogen-bond donors (Lipinski definition) is 1. The average Bonchev–Trinajstić information content (AvgIpc) is 2.59. The van der Waals surface area contributed by atoms with Gasteiger partial charge in [-0.05, 0) is 61.3 Å². The van der Waals surface area contributed by atoms with Crippen molar-refractivity contribution in [1.82, 2.24) is 0 Å². The van der Waals surface area contributed by atoms with E-state index in [1.807, 2.05) is 0 Å². The fourth-order valence-electron chi connectivity index (χ4n) is 3.45. The zero-order chi connectivity index (χ0) is 16.5. The van der Waals surface area contributed by atoms with E-state index >= 15 is 0 Å². The zero-order valence-electron chi connectivity index (χ0n) is 14.9. The third kappa shape index (κ3) is 5.47. The summed E-state index contributed by atoms with van der Waals surface area (Å²) in [5.41, 5.74) is 10.4. The number of fused-ring (bicyclic) bond motifs is 1. The molecule has 0 aromatic heterocycles. The Bertz CT molecular complexity index is 495. The molecule has 1 aromatic carbocycles. The molecule has 23 heavy (non-hydrogen) atoms. The van der Waals surface area contributed by atoms with Gasteiger partial charge in [-0.1, -0.05) is 57.0 Å².